The van der Waals surface area contributed by atoms with Crippen molar-refractivity contribution < 1.29 is 17.5 Å². The molecule has 1 atom stereocenters. The Labute approximate surface area is 107 Å². The summed E-state index contributed by atoms with van der Waals surface area (Å²) < 4.78 is 43.6. The Morgan fingerprint density at radius 3 is 2.44 bits per heavy atom. The van der Waals surface area contributed by atoms with Gasteiger partial charge in [-0.25, -0.2) is 17.5 Å². The summed E-state index contributed by atoms with van der Waals surface area (Å²) in [6, 6.07) is 6.11. The number of sulfonamides is 1. The third-order valence-electron chi connectivity index (χ3n) is 2.44. The van der Waals surface area contributed by atoms with Crippen LogP contribution in [0.2, 0.25) is 0 Å². The fourth-order valence-corrected chi connectivity index (χ4v) is 2.50. The summed E-state index contributed by atoms with van der Waals surface area (Å²) in [4.78, 5) is 0.177. The summed E-state index contributed by atoms with van der Waals surface area (Å²) >= 11 is 0. The van der Waals surface area contributed by atoms with Gasteiger partial charge in [0.25, 0.3) is 0 Å². The van der Waals surface area contributed by atoms with Gasteiger partial charge in [-0.2, -0.15) is 0 Å². The van der Waals surface area contributed by atoms with E-state index in [2.05, 4.69) is 4.72 Å². The molecule has 0 aliphatic rings. The number of rotatable bonds is 7. The lowest BCUT2D eigenvalue weighted by Gasteiger charge is -2.07. The maximum atomic E-state index is 12.5. The Morgan fingerprint density at radius 1 is 1.33 bits per heavy atom. The number of methoxy groups -OCH3 is 1. The van der Waals surface area contributed by atoms with Gasteiger partial charge < -0.3 is 4.74 Å². The minimum atomic E-state index is -3.51. The molecule has 0 aliphatic heterocycles. The second-order valence-electron chi connectivity index (χ2n) is 4.00. The monoisotopic (exact) mass is 275 g/mol. The third-order valence-corrected chi connectivity index (χ3v) is 3.92. The van der Waals surface area contributed by atoms with Gasteiger partial charge in [0.15, 0.2) is 0 Å². The summed E-state index contributed by atoms with van der Waals surface area (Å²) in [7, 11) is -2.00. The highest BCUT2D eigenvalue weighted by Gasteiger charge is 2.13. The Kier molecular flexibility index (Phi) is 5.55. The first-order valence-electron chi connectivity index (χ1n) is 5.73. The van der Waals surface area contributed by atoms with Gasteiger partial charge >= 0.3 is 0 Å². The predicted molar refractivity (Wildman–Crippen MR) is 68.0 cm³/mol. The lowest BCUT2D eigenvalue weighted by molar-refractivity contribution is 0.334. The van der Waals surface area contributed by atoms with Crippen LogP contribution in [0.15, 0.2) is 29.2 Å². The van der Waals surface area contributed by atoms with Gasteiger partial charge in [0.1, 0.15) is 5.75 Å². The quantitative estimate of drug-likeness (QED) is 0.775. The molecule has 0 fully saturated rings. The van der Waals surface area contributed by atoms with Gasteiger partial charge in [-0.1, -0.05) is 0 Å². The lowest BCUT2D eigenvalue weighted by atomic mass is 10.2. The largest absolute Gasteiger partial charge is 0.497 e. The molecule has 102 valence electrons. The Balaban J connectivity index is 2.57. The standard InChI is InChI=1S/C12H18FNO3S/c1-10(13)4-3-9-14-18(15,16)12-7-5-11(17-2)6-8-12/h5-8,10,14H,3-4,9H2,1-2H3. The predicted octanol–water partition coefficient (Wildman–Crippen LogP) is 2.11. The number of hydrogen-bond donors (Lipinski definition) is 1. The smallest absolute Gasteiger partial charge is 0.240 e. The van der Waals surface area contributed by atoms with E-state index in [1.165, 1.54) is 26.2 Å². The Hall–Kier alpha value is -1.14. The maximum absolute atomic E-state index is 12.5. The van der Waals surface area contributed by atoms with Crippen molar-refractivity contribution in [3.63, 3.8) is 0 Å². The first-order valence-corrected chi connectivity index (χ1v) is 7.22. The molecule has 0 saturated heterocycles. The maximum Gasteiger partial charge on any atom is 0.240 e. The second kappa shape index (κ2) is 6.70. The number of hydrogen-bond acceptors (Lipinski definition) is 3. The van der Waals surface area contributed by atoms with Crippen LogP contribution in [0.25, 0.3) is 0 Å². The van der Waals surface area contributed by atoms with Crippen molar-refractivity contribution in [3.8, 4) is 5.75 Å². The minimum Gasteiger partial charge on any atom is -0.497 e. The number of benzene rings is 1. The summed E-state index contributed by atoms with van der Waals surface area (Å²) in [6.07, 6.45) is -0.0754. The molecule has 0 heterocycles. The first-order chi connectivity index (χ1) is 8.45. The van der Waals surface area contributed by atoms with E-state index in [0.29, 0.717) is 18.6 Å². The molecule has 0 aliphatic carbocycles. The normalized spacial score (nSPS) is 13.3. The van der Waals surface area contributed by atoms with E-state index >= 15 is 0 Å². The third kappa shape index (κ3) is 4.62. The molecule has 0 bridgehead atoms. The van der Waals surface area contributed by atoms with Crippen molar-refractivity contribution in [2.24, 2.45) is 0 Å². The molecular formula is C12H18FNO3S. The average Bonchev–Trinajstić information content (AvgIpc) is 2.34. The molecule has 0 aromatic heterocycles. The molecule has 6 heteroatoms. The summed E-state index contributed by atoms with van der Waals surface area (Å²) in [6.45, 7) is 1.70. The van der Waals surface area contributed by atoms with Crippen LogP contribution in [0.4, 0.5) is 4.39 Å². The van der Waals surface area contributed by atoms with Crippen molar-refractivity contribution in [2.75, 3.05) is 13.7 Å². The number of nitrogens with one attached hydrogen (secondary N) is 1. The topological polar surface area (TPSA) is 55.4 Å². The average molecular weight is 275 g/mol. The summed E-state index contributed by atoms with van der Waals surface area (Å²) in [5.74, 6) is 0.597. The molecule has 1 rings (SSSR count). The van der Waals surface area contributed by atoms with Crippen molar-refractivity contribution in [2.45, 2.75) is 30.8 Å². The highest BCUT2D eigenvalue weighted by molar-refractivity contribution is 7.89. The van der Waals surface area contributed by atoms with Crippen molar-refractivity contribution in [1.29, 1.82) is 0 Å². The molecule has 1 aromatic carbocycles. The van der Waals surface area contributed by atoms with Crippen LogP contribution >= 0.6 is 0 Å². The van der Waals surface area contributed by atoms with Crippen LogP contribution in [0, 0.1) is 0 Å². The molecular weight excluding hydrogens is 257 g/mol. The van der Waals surface area contributed by atoms with Crippen LogP contribution in [-0.2, 0) is 10.0 Å². The second-order valence-corrected chi connectivity index (χ2v) is 5.76. The van der Waals surface area contributed by atoms with Crippen LogP contribution in [0.3, 0.4) is 0 Å². The van der Waals surface area contributed by atoms with Crippen LogP contribution in [0.5, 0.6) is 5.75 Å². The van der Waals surface area contributed by atoms with Crippen molar-refractivity contribution in [1.82, 2.24) is 4.72 Å². The van der Waals surface area contributed by atoms with E-state index in [-0.39, 0.29) is 11.4 Å². The fourth-order valence-electron chi connectivity index (χ4n) is 1.43. The summed E-state index contributed by atoms with van der Waals surface area (Å²) in [5.41, 5.74) is 0. The minimum absolute atomic E-state index is 0.177. The molecule has 4 nitrogen and oxygen atoms in total. The zero-order valence-corrected chi connectivity index (χ0v) is 11.3. The van der Waals surface area contributed by atoms with E-state index in [4.69, 9.17) is 4.74 Å². The molecule has 0 radical (unpaired) electrons. The summed E-state index contributed by atoms with van der Waals surface area (Å²) in [5, 5.41) is 0. The van der Waals surface area contributed by atoms with Crippen LogP contribution in [-0.4, -0.2) is 28.2 Å². The van der Waals surface area contributed by atoms with Gasteiger partial charge in [-0.3, -0.25) is 0 Å². The molecule has 1 aromatic rings. The Morgan fingerprint density at radius 2 is 1.94 bits per heavy atom. The van der Waals surface area contributed by atoms with E-state index in [1.54, 1.807) is 12.1 Å². The van der Waals surface area contributed by atoms with E-state index < -0.39 is 16.2 Å². The van der Waals surface area contributed by atoms with E-state index in [1.807, 2.05) is 0 Å². The molecule has 1 unspecified atom stereocenters. The van der Waals surface area contributed by atoms with Gasteiger partial charge in [0.2, 0.25) is 10.0 Å². The molecule has 0 amide bonds. The van der Waals surface area contributed by atoms with Crippen LogP contribution in [0.1, 0.15) is 19.8 Å². The SMILES string of the molecule is COc1ccc(S(=O)(=O)NCCCC(C)F)cc1. The number of halogens is 1. The van der Waals surface area contributed by atoms with E-state index in [9.17, 15) is 12.8 Å². The van der Waals surface area contributed by atoms with E-state index in [0.717, 1.165) is 0 Å². The fraction of sp³-hybridized carbons (Fsp3) is 0.500. The zero-order chi connectivity index (χ0) is 13.6. The van der Waals surface area contributed by atoms with Gasteiger partial charge in [-0.15, -0.1) is 0 Å². The Bertz CT molecular complexity index is 457. The molecule has 0 spiro atoms. The van der Waals surface area contributed by atoms with Gasteiger partial charge in [-0.05, 0) is 44.0 Å². The van der Waals surface area contributed by atoms with Gasteiger partial charge in [0.05, 0.1) is 18.2 Å². The first kappa shape index (κ1) is 14.9. The molecule has 1 N–H and O–H groups in total. The highest BCUT2D eigenvalue weighted by Crippen LogP contribution is 2.15. The van der Waals surface area contributed by atoms with Gasteiger partial charge in [0, 0.05) is 6.54 Å². The molecule has 18 heavy (non-hydrogen) atoms. The molecule has 0 saturated carbocycles. The lowest BCUT2D eigenvalue weighted by Crippen LogP contribution is -2.25. The van der Waals surface area contributed by atoms with Crippen LogP contribution < -0.4 is 9.46 Å². The van der Waals surface area contributed by atoms with Crippen molar-refractivity contribution >= 4 is 10.0 Å². The number of alkyl halides is 1. The highest BCUT2D eigenvalue weighted by atomic mass is 32.2. The van der Waals surface area contributed by atoms with Crippen molar-refractivity contribution in [3.05, 3.63) is 24.3 Å². The zero-order valence-electron chi connectivity index (χ0n) is 10.5. The number of ether oxygens (including phenoxy) is 1.